The second kappa shape index (κ2) is 2.38. The summed E-state index contributed by atoms with van der Waals surface area (Å²) < 4.78 is 0. The van der Waals surface area contributed by atoms with Crippen LogP contribution in [0, 0.1) is 0 Å². The van der Waals surface area contributed by atoms with Gasteiger partial charge >= 0.3 is 5.37 Å². The van der Waals surface area contributed by atoms with Gasteiger partial charge in [-0.05, 0) is 11.6 Å². The minimum atomic E-state index is -1.01. The van der Waals surface area contributed by atoms with E-state index in [9.17, 15) is 14.4 Å². The quantitative estimate of drug-likeness (QED) is 0.295. The molecule has 0 aromatic carbocycles. The second-order valence-electron chi connectivity index (χ2n) is 1.88. The van der Waals surface area contributed by atoms with E-state index in [1.807, 2.05) is 0 Å². The Labute approximate surface area is 61.7 Å². The Morgan fingerprint density at radius 3 is 1.90 bits per heavy atom. The summed E-state index contributed by atoms with van der Waals surface area (Å²) in [4.78, 5) is 32.0. The molecule has 54 valence electrons. The SMILES string of the molecule is O=C(Cl)N1C(=O)CCC1=O. The number of nitrogens with zero attached hydrogens (tertiary/aromatic N) is 1. The van der Waals surface area contributed by atoms with Gasteiger partial charge in [-0.15, -0.1) is 0 Å². The summed E-state index contributed by atoms with van der Waals surface area (Å²) in [6.07, 6.45) is 0.189. The van der Waals surface area contributed by atoms with Gasteiger partial charge in [-0.25, -0.2) is 4.90 Å². The summed E-state index contributed by atoms with van der Waals surface area (Å²) in [5.74, 6) is -1.02. The van der Waals surface area contributed by atoms with Crippen LogP contribution < -0.4 is 0 Å². The zero-order valence-corrected chi connectivity index (χ0v) is 5.72. The highest BCUT2D eigenvalue weighted by Gasteiger charge is 2.33. The molecule has 0 bridgehead atoms. The minimum Gasteiger partial charge on any atom is -0.274 e. The molecule has 0 aromatic rings. The van der Waals surface area contributed by atoms with Crippen molar-refractivity contribution in [3.63, 3.8) is 0 Å². The number of rotatable bonds is 0. The van der Waals surface area contributed by atoms with Crippen LogP contribution in [0.1, 0.15) is 12.8 Å². The maximum atomic E-state index is 10.6. The first-order valence-electron chi connectivity index (χ1n) is 2.68. The van der Waals surface area contributed by atoms with Crippen LogP contribution in [0.3, 0.4) is 0 Å². The Kier molecular flexibility index (Phi) is 1.72. The van der Waals surface area contributed by atoms with Crippen molar-refractivity contribution in [2.45, 2.75) is 12.8 Å². The summed E-state index contributed by atoms with van der Waals surface area (Å²) >= 11 is 4.92. The number of amides is 3. The lowest BCUT2D eigenvalue weighted by molar-refractivity contribution is -0.134. The Morgan fingerprint density at radius 2 is 1.70 bits per heavy atom. The maximum Gasteiger partial charge on any atom is 0.329 e. The third kappa shape index (κ3) is 1.02. The molecule has 0 unspecified atom stereocenters. The molecule has 1 heterocycles. The van der Waals surface area contributed by atoms with E-state index in [0.717, 1.165) is 0 Å². The van der Waals surface area contributed by atoms with E-state index >= 15 is 0 Å². The first-order valence-corrected chi connectivity index (χ1v) is 3.06. The summed E-state index contributed by atoms with van der Waals surface area (Å²) in [5.41, 5.74) is 0. The van der Waals surface area contributed by atoms with Crippen LogP contribution in [0.2, 0.25) is 0 Å². The Balaban J connectivity index is 2.82. The summed E-state index contributed by atoms with van der Waals surface area (Å²) in [6, 6.07) is 0. The Hall–Kier alpha value is -0.900. The van der Waals surface area contributed by atoms with Crippen LogP contribution in [0.25, 0.3) is 0 Å². The van der Waals surface area contributed by atoms with Crippen molar-refractivity contribution in [3.8, 4) is 0 Å². The fourth-order valence-electron chi connectivity index (χ4n) is 0.773. The van der Waals surface area contributed by atoms with Gasteiger partial charge in [0.15, 0.2) is 0 Å². The smallest absolute Gasteiger partial charge is 0.274 e. The van der Waals surface area contributed by atoms with Gasteiger partial charge in [0, 0.05) is 12.8 Å². The fourth-order valence-corrected chi connectivity index (χ4v) is 0.961. The molecule has 0 radical (unpaired) electrons. The first kappa shape index (κ1) is 7.21. The molecule has 0 saturated carbocycles. The minimum absolute atomic E-state index is 0.0945. The molecule has 0 spiro atoms. The number of likely N-dealkylation sites (tertiary alicyclic amines) is 1. The zero-order chi connectivity index (χ0) is 7.72. The van der Waals surface area contributed by atoms with Gasteiger partial charge in [0.05, 0.1) is 0 Å². The van der Waals surface area contributed by atoms with E-state index in [0.29, 0.717) is 4.90 Å². The fraction of sp³-hybridized carbons (Fsp3) is 0.400. The maximum absolute atomic E-state index is 10.6. The zero-order valence-electron chi connectivity index (χ0n) is 4.96. The molecular formula is C5H4ClNO3. The number of carbonyl (C=O) groups is 3. The van der Waals surface area contributed by atoms with E-state index < -0.39 is 17.2 Å². The average Bonchev–Trinajstić information content (AvgIpc) is 2.11. The molecule has 3 amide bonds. The molecule has 0 aliphatic carbocycles. The lowest BCUT2D eigenvalue weighted by atomic mass is 10.4. The number of hydrogen-bond donors (Lipinski definition) is 0. The molecule has 1 rings (SSSR count). The van der Waals surface area contributed by atoms with Gasteiger partial charge < -0.3 is 0 Å². The summed E-state index contributed by atoms with van der Waals surface area (Å²) in [5, 5.41) is -1.01. The lowest BCUT2D eigenvalue weighted by Gasteiger charge is -2.03. The molecule has 1 aliphatic heterocycles. The van der Waals surface area contributed by atoms with Gasteiger partial charge in [-0.3, -0.25) is 14.4 Å². The third-order valence-electron chi connectivity index (χ3n) is 1.23. The molecule has 1 saturated heterocycles. The highest BCUT2D eigenvalue weighted by molar-refractivity contribution is 6.65. The van der Waals surface area contributed by atoms with Crippen molar-refractivity contribution in [2.75, 3.05) is 0 Å². The number of carbonyl (C=O) groups excluding carboxylic acids is 3. The van der Waals surface area contributed by atoms with Crippen molar-refractivity contribution < 1.29 is 14.4 Å². The van der Waals surface area contributed by atoms with Crippen LogP contribution in [0.15, 0.2) is 0 Å². The first-order chi connectivity index (χ1) is 4.63. The van der Waals surface area contributed by atoms with Gasteiger partial charge in [-0.1, -0.05) is 0 Å². The summed E-state index contributed by atoms with van der Waals surface area (Å²) in [7, 11) is 0. The van der Waals surface area contributed by atoms with Gasteiger partial charge in [0.1, 0.15) is 0 Å². The molecule has 0 N–H and O–H groups in total. The number of imide groups is 3. The van der Waals surface area contributed by atoms with Crippen LogP contribution in [-0.4, -0.2) is 22.1 Å². The number of halogens is 1. The van der Waals surface area contributed by atoms with Crippen molar-refractivity contribution in [3.05, 3.63) is 0 Å². The molecule has 10 heavy (non-hydrogen) atoms. The molecule has 1 fully saturated rings. The van der Waals surface area contributed by atoms with Gasteiger partial charge in [0.25, 0.3) is 0 Å². The van der Waals surface area contributed by atoms with E-state index in [-0.39, 0.29) is 12.8 Å². The monoisotopic (exact) mass is 161 g/mol. The Bertz CT molecular complexity index is 197. The highest BCUT2D eigenvalue weighted by atomic mass is 35.5. The van der Waals surface area contributed by atoms with Crippen LogP contribution in [0.5, 0.6) is 0 Å². The van der Waals surface area contributed by atoms with E-state index in [1.165, 1.54) is 0 Å². The Morgan fingerprint density at radius 1 is 1.30 bits per heavy atom. The molecule has 5 heteroatoms. The van der Waals surface area contributed by atoms with Gasteiger partial charge in [0.2, 0.25) is 11.8 Å². The highest BCUT2D eigenvalue weighted by Crippen LogP contribution is 2.13. The van der Waals surface area contributed by atoms with Crippen LogP contribution in [-0.2, 0) is 9.59 Å². The van der Waals surface area contributed by atoms with Crippen molar-refractivity contribution >= 4 is 28.8 Å². The molecule has 0 atom stereocenters. The van der Waals surface area contributed by atoms with E-state index in [1.54, 1.807) is 0 Å². The molecule has 0 aromatic heterocycles. The molecule has 1 aliphatic rings. The predicted octanol–water partition coefficient (Wildman–Crippen LogP) is 0.494. The average molecular weight is 162 g/mol. The second-order valence-corrected chi connectivity index (χ2v) is 2.20. The van der Waals surface area contributed by atoms with Crippen molar-refractivity contribution in [1.82, 2.24) is 4.90 Å². The van der Waals surface area contributed by atoms with Crippen LogP contribution in [0.4, 0.5) is 4.79 Å². The van der Waals surface area contributed by atoms with Gasteiger partial charge in [-0.2, -0.15) is 0 Å². The number of hydrogen-bond acceptors (Lipinski definition) is 3. The molecular weight excluding hydrogens is 158 g/mol. The van der Waals surface area contributed by atoms with E-state index in [2.05, 4.69) is 0 Å². The lowest BCUT2D eigenvalue weighted by Crippen LogP contribution is -2.31. The normalized spacial score (nSPS) is 18.3. The standard InChI is InChI=1S/C5H4ClNO3/c6-5(10)7-3(8)1-2-4(7)9/h1-2H2. The van der Waals surface area contributed by atoms with E-state index in [4.69, 9.17) is 11.6 Å². The molecule has 4 nitrogen and oxygen atoms in total. The van der Waals surface area contributed by atoms with Crippen LogP contribution >= 0.6 is 11.6 Å². The predicted molar refractivity (Wildman–Crippen MR) is 32.3 cm³/mol. The third-order valence-corrected chi connectivity index (χ3v) is 1.40. The largest absolute Gasteiger partial charge is 0.329 e. The van der Waals surface area contributed by atoms with Crippen molar-refractivity contribution in [1.29, 1.82) is 0 Å². The van der Waals surface area contributed by atoms with Crippen molar-refractivity contribution in [2.24, 2.45) is 0 Å². The summed E-state index contributed by atoms with van der Waals surface area (Å²) in [6.45, 7) is 0. The topological polar surface area (TPSA) is 54.5 Å².